The summed E-state index contributed by atoms with van der Waals surface area (Å²) in [6, 6.07) is 48.6. The van der Waals surface area contributed by atoms with E-state index in [4.69, 9.17) is 19.3 Å². The molecule has 4 nitrogen and oxygen atoms in total. The third kappa shape index (κ3) is 6.25. The molecule has 0 bridgehead atoms. The standard InChI is InChI=1S/C56H43GeN3O/c1-39-25-29-41(30-26-39)48-20-12-21-49(42-31-27-40(2)28-32-42)56(48)60-38-59(53-23-9-10-24-54(53)60)45-18-11-19-46(36-45)61-47-33-34-51-50(37-47)55-52(22-13-35-58-55)57(51,43-14-5-3-6-15-43)44-16-7-4-8-17-44/h3-37H,38H2,1-2H3/i1D3,25D,26D,27D,28D,29D,30D,31D,32D. The van der Waals surface area contributed by atoms with Crippen molar-refractivity contribution in [1.82, 2.24) is 4.98 Å². The third-order valence-electron chi connectivity index (χ3n) is 11.6. The molecule has 0 fully saturated rings. The maximum atomic E-state index is 9.21. The van der Waals surface area contributed by atoms with Crippen molar-refractivity contribution in [3.63, 3.8) is 0 Å². The van der Waals surface area contributed by atoms with Gasteiger partial charge in [0.05, 0.1) is 11.0 Å². The number of nitrogens with zero attached hydrogens (tertiary/aromatic N) is 3. The predicted molar refractivity (Wildman–Crippen MR) is 256 cm³/mol. The van der Waals surface area contributed by atoms with Gasteiger partial charge in [0.2, 0.25) is 0 Å². The second kappa shape index (κ2) is 15.1. The molecule has 3 heterocycles. The van der Waals surface area contributed by atoms with Gasteiger partial charge in [0.25, 0.3) is 0 Å². The van der Waals surface area contributed by atoms with Gasteiger partial charge in [0.1, 0.15) is 0 Å². The molecule has 11 rings (SSSR count). The van der Waals surface area contributed by atoms with Gasteiger partial charge >= 0.3 is 242 Å². The van der Waals surface area contributed by atoms with Gasteiger partial charge in [0, 0.05) is 15.2 Å². The minimum absolute atomic E-state index is 0.0197. The Kier molecular flexibility index (Phi) is 6.67. The number of ether oxygens (including phenoxy) is 1. The maximum absolute atomic E-state index is 9.21. The van der Waals surface area contributed by atoms with Crippen molar-refractivity contribution >= 4 is 53.6 Å². The number of benzene rings is 8. The van der Waals surface area contributed by atoms with Crippen molar-refractivity contribution in [2.75, 3.05) is 16.5 Å². The molecule has 0 N–H and O–H groups in total. The summed E-state index contributed by atoms with van der Waals surface area (Å²) >= 11 is -3.50. The van der Waals surface area contributed by atoms with Crippen molar-refractivity contribution in [1.29, 1.82) is 0 Å². The van der Waals surface area contributed by atoms with Gasteiger partial charge in [-0.15, -0.1) is 0 Å². The first-order chi connectivity index (χ1) is 34.6. The number of aromatic nitrogens is 1. The Morgan fingerprint density at radius 3 is 1.82 bits per heavy atom. The SMILES string of the molecule is [2H]c1c([2H])c(-c2cccc(-c3c([2H])c([2H])c(C([2H])([2H])[2H])c([2H])c3[2H])c2N2CN(c3cccc(Oc4cc[c]5c(c4)-c4nccc[c]4[Ge]5([c]4ccccc4)[c]4ccccc4)c3)c3ccccc32)c([2H])c([2H])c1C. The van der Waals surface area contributed by atoms with E-state index in [2.05, 4.69) is 78.9 Å². The summed E-state index contributed by atoms with van der Waals surface area (Å²) in [5.74, 6) is 1.19. The molecule has 61 heavy (non-hydrogen) atoms. The molecule has 0 atom stereocenters. The van der Waals surface area contributed by atoms with Gasteiger partial charge in [0.15, 0.2) is 0 Å². The fourth-order valence-electron chi connectivity index (χ4n) is 9.01. The molecule has 0 radical (unpaired) electrons. The number of hydrogen-bond acceptors (Lipinski definition) is 4. The van der Waals surface area contributed by atoms with E-state index in [0.29, 0.717) is 17.2 Å². The molecule has 0 saturated heterocycles. The van der Waals surface area contributed by atoms with Crippen LogP contribution in [0, 0.1) is 13.8 Å². The number of para-hydroxylation sites is 3. The normalized spacial score (nSPS) is 16.2. The summed E-state index contributed by atoms with van der Waals surface area (Å²) in [5, 5.41) is 0. The fourth-order valence-corrected chi connectivity index (χ4v) is 19.7. The summed E-state index contributed by atoms with van der Waals surface area (Å²) < 4.78 is 108. The fraction of sp³-hybridized carbons (Fsp3) is 0.0536. The Morgan fingerprint density at radius 2 is 1.15 bits per heavy atom. The zero-order valence-corrected chi connectivity index (χ0v) is 35.1. The molecule has 0 aliphatic carbocycles. The maximum Gasteiger partial charge on any atom is 0.0629 e. The molecular weight excluding hydrogens is 803 g/mol. The second-order valence-electron chi connectivity index (χ2n) is 15.1. The average molecular weight is 858 g/mol. The third-order valence-corrected chi connectivity index (χ3v) is 21.8. The quantitative estimate of drug-likeness (QED) is 0.142. The largest absolute Gasteiger partial charge is 0.0629 e. The minimum atomic E-state index is -3.50. The van der Waals surface area contributed by atoms with E-state index in [1.54, 1.807) is 18.2 Å². The summed E-state index contributed by atoms with van der Waals surface area (Å²) in [6.45, 7) is -1.31. The molecule has 0 saturated carbocycles. The van der Waals surface area contributed by atoms with Crippen molar-refractivity contribution in [2.24, 2.45) is 0 Å². The van der Waals surface area contributed by atoms with E-state index < -0.39 is 49.9 Å². The summed E-state index contributed by atoms with van der Waals surface area (Å²) in [4.78, 5) is 8.94. The molecular formula is C56H43GeN3O. The van der Waals surface area contributed by atoms with Crippen LogP contribution in [0.4, 0.5) is 22.7 Å². The molecule has 0 spiro atoms. The number of hydrogen-bond donors (Lipinski definition) is 0. The Balaban J connectivity index is 1.03. The first kappa shape index (κ1) is 26.8. The smallest absolute Gasteiger partial charge is 0.0587 e. The van der Waals surface area contributed by atoms with Crippen molar-refractivity contribution < 1.29 is 19.8 Å². The van der Waals surface area contributed by atoms with E-state index in [1.807, 2.05) is 76.7 Å². The molecule has 5 heteroatoms. The molecule has 292 valence electrons. The van der Waals surface area contributed by atoms with E-state index in [9.17, 15) is 5.48 Å². The first-order valence-electron chi connectivity index (χ1n) is 25.6. The number of anilines is 4. The van der Waals surface area contributed by atoms with E-state index in [-0.39, 0.29) is 64.3 Å². The second-order valence-corrected chi connectivity index (χ2v) is 23.0. The van der Waals surface area contributed by atoms with Crippen LogP contribution in [0.5, 0.6) is 11.5 Å². The molecule has 8 aromatic carbocycles. The van der Waals surface area contributed by atoms with Crippen LogP contribution in [0.3, 0.4) is 0 Å². The van der Waals surface area contributed by atoms with Crippen LogP contribution in [-0.2, 0) is 0 Å². The molecule has 0 amide bonds. The molecule has 9 aromatic rings. The predicted octanol–water partition coefficient (Wildman–Crippen LogP) is 11.4. The van der Waals surface area contributed by atoms with Crippen LogP contribution in [0.2, 0.25) is 0 Å². The van der Waals surface area contributed by atoms with Crippen LogP contribution >= 0.6 is 0 Å². The van der Waals surface area contributed by atoms with E-state index in [1.165, 1.54) is 24.5 Å². The van der Waals surface area contributed by atoms with E-state index >= 15 is 0 Å². The number of rotatable bonds is 8. The Bertz CT molecular complexity index is 3570. The van der Waals surface area contributed by atoms with Gasteiger partial charge < -0.3 is 0 Å². The van der Waals surface area contributed by atoms with Gasteiger partial charge in [-0.1, -0.05) is 83.7 Å². The van der Waals surface area contributed by atoms with Crippen molar-refractivity contribution in [3.8, 4) is 45.0 Å². The van der Waals surface area contributed by atoms with Crippen LogP contribution in [0.1, 0.15) is 26.2 Å². The van der Waals surface area contributed by atoms with Crippen molar-refractivity contribution in [3.05, 3.63) is 223 Å². The Morgan fingerprint density at radius 1 is 0.541 bits per heavy atom. The topological polar surface area (TPSA) is 28.6 Å². The van der Waals surface area contributed by atoms with Crippen LogP contribution in [0.25, 0.3) is 33.5 Å². The van der Waals surface area contributed by atoms with Gasteiger partial charge in [-0.2, -0.15) is 0 Å². The van der Waals surface area contributed by atoms with Gasteiger partial charge in [-0.3, -0.25) is 0 Å². The Labute approximate surface area is 375 Å². The Hall–Kier alpha value is -7.15. The van der Waals surface area contributed by atoms with Crippen LogP contribution < -0.4 is 32.1 Å². The molecule has 2 aliphatic rings. The average Bonchev–Trinajstić information content (AvgIpc) is 3.91. The van der Waals surface area contributed by atoms with Gasteiger partial charge in [-0.25, -0.2) is 0 Å². The monoisotopic (exact) mass is 858 g/mol. The van der Waals surface area contributed by atoms with Gasteiger partial charge in [-0.05, 0) is 24.9 Å². The van der Waals surface area contributed by atoms with Crippen LogP contribution in [-0.4, -0.2) is 24.9 Å². The first-order valence-corrected chi connectivity index (χ1v) is 24.3. The molecule has 0 unspecified atom stereocenters. The number of pyridine rings is 1. The zero-order chi connectivity index (χ0) is 50.4. The molecule has 2 aliphatic heterocycles. The molecule has 1 aromatic heterocycles. The van der Waals surface area contributed by atoms with Crippen LogP contribution in [0.15, 0.2) is 212 Å². The zero-order valence-electron chi connectivity index (χ0n) is 44.0. The number of fused-ring (bicyclic) bond motifs is 4. The minimum Gasteiger partial charge on any atom is -0.0587 e. The van der Waals surface area contributed by atoms with E-state index in [0.717, 1.165) is 22.6 Å². The summed E-state index contributed by atoms with van der Waals surface area (Å²) in [5.41, 5.74) is 4.11. The van der Waals surface area contributed by atoms with Crippen molar-refractivity contribution in [2.45, 2.75) is 13.8 Å². The summed E-state index contributed by atoms with van der Waals surface area (Å²) in [7, 11) is 0. The summed E-state index contributed by atoms with van der Waals surface area (Å²) in [6.07, 6.45) is 1.84.